The SMILES string of the molecule is CC(C)N(CC1CCCN1)S(=O)(=O)/C=C/c1ccccc1. The molecular weight excluding hydrogens is 284 g/mol. The topological polar surface area (TPSA) is 49.4 Å². The molecule has 0 aliphatic carbocycles. The molecule has 116 valence electrons. The van der Waals surface area contributed by atoms with Gasteiger partial charge in [0.25, 0.3) is 0 Å². The summed E-state index contributed by atoms with van der Waals surface area (Å²) in [6.07, 6.45) is 3.82. The Morgan fingerprint density at radius 3 is 2.62 bits per heavy atom. The van der Waals surface area contributed by atoms with Crippen LogP contribution in [0.1, 0.15) is 32.3 Å². The van der Waals surface area contributed by atoms with Gasteiger partial charge in [0.15, 0.2) is 0 Å². The molecular formula is C16H24N2O2S. The molecule has 0 radical (unpaired) electrons. The molecule has 1 aliphatic rings. The van der Waals surface area contributed by atoms with Gasteiger partial charge in [0, 0.05) is 24.0 Å². The Bertz CT molecular complexity index is 561. The first kappa shape index (κ1) is 16.2. The zero-order chi connectivity index (χ0) is 15.3. The van der Waals surface area contributed by atoms with Gasteiger partial charge in [-0.1, -0.05) is 30.3 Å². The molecule has 1 heterocycles. The molecule has 1 aromatic carbocycles. The zero-order valence-electron chi connectivity index (χ0n) is 12.7. The van der Waals surface area contributed by atoms with Gasteiger partial charge < -0.3 is 5.32 Å². The van der Waals surface area contributed by atoms with Gasteiger partial charge in [0.1, 0.15) is 0 Å². The van der Waals surface area contributed by atoms with E-state index in [-0.39, 0.29) is 12.1 Å². The fraction of sp³-hybridized carbons (Fsp3) is 0.500. The fourth-order valence-electron chi connectivity index (χ4n) is 2.55. The van der Waals surface area contributed by atoms with Gasteiger partial charge in [0.05, 0.1) is 0 Å². The molecule has 1 atom stereocenters. The highest BCUT2D eigenvalue weighted by Gasteiger charge is 2.27. The highest BCUT2D eigenvalue weighted by Crippen LogP contribution is 2.15. The van der Waals surface area contributed by atoms with Crippen molar-refractivity contribution in [3.05, 3.63) is 41.3 Å². The normalized spacial score (nSPS) is 19.9. The van der Waals surface area contributed by atoms with Gasteiger partial charge in [-0.05, 0) is 44.9 Å². The monoisotopic (exact) mass is 308 g/mol. The maximum atomic E-state index is 12.5. The molecule has 1 fully saturated rings. The lowest BCUT2D eigenvalue weighted by Crippen LogP contribution is -2.43. The molecule has 0 aromatic heterocycles. The fourth-order valence-corrected chi connectivity index (χ4v) is 4.01. The number of hydrogen-bond donors (Lipinski definition) is 1. The van der Waals surface area contributed by atoms with Crippen molar-refractivity contribution in [1.29, 1.82) is 0 Å². The van der Waals surface area contributed by atoms with Crippen LogP contribution in [0, 0.1) is 0 Å². The predicted molar refractivity (Wildman–Crippen MR) is 87.3 cm³/mol. The van der Waals surface area contributed by atoms with Crippen molar-refractivity contribution in [3.63, 3.8) is 0 Å². The molecule has 5 heteroatoms. The Morgan fingerprint density at radius 1 is 1.33 bits per heavy atom. The van der Waals surface area contributed by atoms with Crippen LogP contribution in [0.3, 0.4) is 0 Å². The summed E-state index contributed by atoms with van der Waals surface area (Å²) in [5.74, 6) is 0. The van der Waals surface area contributed by atoms with Crippen molar-refractivity contribution in [2.45, 2.75) is 38.8 Å². The van der Waals surface area contributed by atoms with Gasteiger partial charge in [-0.2, -0.15) is 4.31 Å². The molecule has 2 rings (SSSR count). The minimum absolute atomic E-state index is 0.0437. The third kappa shape index (κ3) is 4.66. The molecule has 21 heavy (non-hydrogen) atoms. The zero-order valence-corrected chi connectivity index (χ0v) is 13.5. The number of rotatable bonds is 6. The van der Waals surface area contributed by atoms with Crippen molar-refractivity contribution in [2.24, 2.45) is 0 Å². The van der Waals surface area contributed by atoms with E-state index in [0.29, 0.717) is 6.54 Å². The van der Waals surface area contributed by atoms with Crippen LogP contribution in [0.2, 0.25) is 0 Å². The molecule has 1 unspecified atom stereocenters. The van der Waals surface area contributed by atoms with E-state index in [1.807, 2.05) is 44.2 Å². The van der Waals surface area contributed by atoms with Crippen molar-refractivity contribution in [1.82, 2.24) is 9.62 Å². The number of nitrogens with zero attached hydrogens (tertiary/aromatic N) is 1. The average Bonchev–Trinajstić information content (AvgIpc) is 2.96. The Hall–Kier alpha value is -1.17. The smallest absolute Gasteiger partial charge is 0.236 e. The van der Waals surface area contributed by atoms with E-state index in [1.165, 1.54) is 5.41 Å². The molecule has 1 saturated heterocycles. The highest BCUT2D eigenvalue weighted by molar-refractivity contribution is 7.92. The molecule has 4 nitrogen and oxygen atoms in total. The molecule has 1 aromatic rings. The van der Waals surface area contributed by atoms with Crippen LogP contribution in [0.5, 0.6) is 0 Å². The maximum Gasteiger partial charge on any atom is 0.236 e. The Morgan fingerprint density at radius 2 is 2.05 bits per heavy atom. The van der Waals surface area contributed by atoms with E-state index in [0.717, 1.165) is 24.9 Å². The van der Waals surface area contributed by atoms with Crippen molar-refractivity contribution in [2.75, 3.05) is 13.1 Å². The summed E-state index contributed by atoms with van der Waals surface area (Å²) < 4.78 is 26.7. The van der Waals surface area contributed by atoms with Crippen LogP contribution >= 0.6 is 0 Å². The third-order valence-electron chi connectivity index (χ3n) is 3.70. The maximum absolute atomic E-state index is 12.5. The standard InChI is InChI=1S/C16H24N2O2S/c1-14(2)18(13-16-9-6-11-17-16)21(19,20)12-10-15-7-4-3-5-8-15/h3-5,7-8,10,12,14,16-17H,6,9,11,13H2,1-2H3/b12-10+. The Labute approximate surface area is 127 Å². The highest BCUT2D eigenvalue weighted by atomic mass is 32.2. The van der Waals surface area contributed by atoms with E-state index < -0.39 is 10.0 Å². The first-order chi connectivity index (χ1) is 9.99. The molecule has 0 bridgehead atoms. The van der Waals surface area contributed by atoms with Gasteiger partial charge in [-0.3, -0.25) is 0 Å². The van der Waals surface area contributed by atoms with Crippen LogP contribution in [-0.4, -0.2) is 37.9 Å². The van der Waals surface area contributed by atoms with Gasteiger partial charge >= 0.3 is 0 Å². The summed E-state index contributed by atoms with van der Waals surface area (Å²) in [4.78, 5) is 0. The van der Waals surface area contributed by atoms with E-state index in [2.05, 4.69) is 5.32 Å². The van der Waals surface area contributed by atoms with Crippen molar-refractivity contribution < 1.29 is 8.42 Å². The van der Waals surface area contributed by atoms with Crippen molar-refractivity contribution >= 4 is 16.1 Å². The van der Waals surface area contributed by atoms with E-state index in [1.54, 1.807) is 10.4 Å². The van der Waals surface area contributed by atoms with Crippen LogP contribution in [0.15, 0.2) is 35.7 Å². The second-order valence-electron chi connectivity index (χ2n) is 5.72. The predicted octanol–water partition coefficient (Wildman–Crippen LogP) is 2.45. The lowest BCUT2D eigenvalue weighted by molar-refractivity contribution is 0.326. The summed E-state index contributed by atoms with van der Waals surface area (Å²) >= 11 is 0. The summed E-state index contributed by atoms with van der Waals surface area (Å²) in [6.45, 7) is 5.36. The van der Waals surface area contributed by atoms with Crippen LogP contribution < -0.4 is 5.32 Å². The summed E-state index contributed by atoms with van der Waals surface area (Å²) in [5, 5.41) is 4.67. The largest absolute Gasteiger partial charge is 0.313 e. The summed E-state index contributed by atoms with van der Waals surface area (Å²) in [6, 6.07) is 9.72. The number of benzene rings is 1. The Kier molecular flexibility index (Phi) is 5.56. The van der Waals surface area contributed by atoms with Crippen LogP contribution in [-0.2, 0) is 10.0 Å². The molecule has 0 amide bonds. The van der Waals surface area contributed by atoms with Crippen molar-refractivity contribution in [3.8, 4) is 0 Å². The second-order valence-corrected chi connectivity index (χ2v) is 7.49. The van der Waals surface area contributed by atoms with Gasteiger partial charge in [-0.25, -0.2) is 8.42 Å². The number of nitrogens with one attached hydrogen (secondary N) is 1. The van der Waals surface area contributed by atoms with Gasteiger partial charge in [0.2, 0.25) is 10.0 Å². The average molecular weight is 308 g/mol. The lowest BCUT2D eigenvalue weighted by atomic mass is 10.2. The number of hydrogen-bond acceptors (Lipinski definition) is 3. The first-order valence-electron chi connectivity index (χ1n) is 7.47. The molecule has 0 spiro atoms. The molecule has 1 N–H and O–H groups in total. The summed E-state index contributed by atoms with van der Waals surface area (Å²) in [7, 11) is -3.39. The minimum Gasteiger partial charge on any atom is -0.313 e. The van der Waals surface area contributed by atoms with Crippen LogP contribution in [0.25, 0.3) is 6.08 Å². The Balaban J connectivity index is 2.11. The second kappa shape index (κ2) is 7.20. The lowest BCUT2D eigenvalue weighted by Gasteiger charge is -2.27. The van der Waals surface area contributed by atoms with Gasteiger partial charge in [-0.15, -0.1) is 0 Å². The number of sulfonamides is 1. The third-order valence-corrected chi connectivity index (χ3v) is 5.40. The van der Waals surface area contributed by atoms with E-state index in [4.69, 9.17) is 0 Å². The minimum atomic E-state index is -3.39. The molecule has 0 saturated carbocycles. The quantitative estimate of drug-likeness (QED) is 0.878. The summed E-state index contributed by atoms with van der Waals surface area (Å²) in [5.41, 5.74) is 0.892. The van der Waals surface area contributed by atoms with E-state index >= 15 is 0 Å². The molecule has 1 aliphatic heterocycles. The first-order valence-corrected chi connectivity index (χ1v) is 8.98. The van der Waals surface area contributed by atoms with E-state index in [9.17, 15) is 8.42 Å². The van der Waals surface area contributed by atoms with Crippen LogP contribution in [0.4, 0.5) is 0 Å².